The third-order valence-electron chi connectivity index (χ3n) is 5.47. The first-order chi connectivity index (χ1) is 12.9. The van der Waals surface area contributed by atoms with E-state index in [1.807, 2.05) is 25.7 Å². The van der Waals surface area contributed by atoms with Gasteiger partial charge in [0.2, 0.25) is 0 Å². The van der Waals surface area contributed by atoms with Crippen LogP contribution >= 0.6 is 0 Å². The molecule has 4 heteroatoms. The van der Waals surface area contributed by atoms with Gasteiger partial charge in [-0.25, -0.2) is 4.79 Å². The van der Waals surface area contributed by atoms with Crippen molar-refractivity contribution in [3.05, 3.63) is 71.8 Å². The Morgan fingerprint density at radius 2 is 1.48 bits per heavy atom. The number of piperazine rings is 1. The fourth-order valence-corrected chi connectivity index (χ4v) is 4.40. The SMILES string of the molecule is CC(C)(C)OC(=O)N1CC2CC1CN2C(c1ccccc1)c1ccccc1. The summed E-state index contributed by atoms with van der Waals surface area (Å²) >= 11 is 0. The summed E-state index contributed by atoms with van der Waals surface area (Å²) in [6.45, 7) is 7.40. The number of fused-ring (bicyclic) bond motifs is 2. The molecule has 2 aliphatic rings. The molecule has 142 valence electrons. The number of nitrogens with zero attached hydrogens (tertiary/aromatic N) is 2. The van der Waals surface area contributed by atoms with Gasteiger partial charge in [0, 0.05) is 25.2 Å². The Labute approximate surface area is 161 Å². The van der Waals surface area contributed by atoms with Crippen LogP contribution in [0.15, 0.2) is 60.7 Å². The summed E-state index contributed by atoms with van der Waals surface area (Å²) in [5, 5.41) is 0. The maximum absolute atomic E-state index is 12.6. The second kappa shape index (κ2) is 7.01. The molecule has 0 aromatic heterocycles. The molecule has 2 bridgehead atoms. The van der Waals surface area contributed by atoms with E-state index in [9.17, 15) is 4.79 Å². The molecule has 2 heterocycles. The number of carbonyl (C=O) groups excluding carboxylic acids is 1. The summed E-state index contributed by atoms with van der Waals surface area (Å²) in [6, 6.07) is 22.2. The molecule has 4 nitrogen and oxygen atoms in total. The molecule has 2 aromatic carbocycles. The van der Waals surface area contributed by atoms with Crippen LogP contribution in [-0.2, 0) is 4.74 Å². The van der Waals surface area contributed by atoms with Crippen LogP contribution in [0.1, 0.15) is 44.4 Å². The van der Waals surface area contributed by atoms with Crippen molar-refractivity contribution in [3.63, 3.8) is 0 Å². The van der Waals surface area contributed by atoms with E-state index in [-0.39, 0.29) is 18.2 Å². The van der Waals surface area contributed by atoms with E-state index >= 15 is 0 Å². The van der Waals surface area contributed by atoms with Crippen molar-refractivity contribution in [2.24, 2.45) is 0 Å². The Hall–Kier alpha value is -2.33. The maximum Gasteiger partial charge on any atom is 0.410 e. The summed E-state index contributed by atoms with van der Waals surface area (Å²) in [4.78, 5) is 17.0. The first-order valence-electron chi connectivity index (χ1n) is 9.77. The van der Waals surface area contributed by atoms with Crippen molar-refractivity contribution in [1.82, 2.24) is 9.80 Å². The zero-order valence-electron chi connectivity index (χ0n) is 16.3. The van der Waals surface area contributed by atoms with Crippen LogP contribution in [0, 0.1) is 0 Å². The lowest BCUT2D eigenvalue weighted by molar-refractivity contribution is 0.0105. The van der Waals surface area contributed by atoms with Crippen LogP contribution < -0.4 is 0 Å². The molecular weight excluding hydrogens is 336 g/mol. The highest BCUT2D eigenvalue weighted by Crippen LogP contribution is 2.40. The zero-order chi connectivity index (χ0) is 19.0. The Kier molecular flexibility index (Phi) is 4.68. The Balaban J connectivity index is 1.56. The molecular formula is C23H28N2O2. The minimum absolute atomic E-state index is 0.175. The van der Waals surface area contributed by atoms with E-state index in [2.05, 4.69) is 65.6 Å². The number of hydrogen-bond donors (Lipinski definition) is 0. The quantitative estimate of drug-likeness (QED) is 0.806. The summed E-state index contributed by atoms with van der Waals surface area (Å²) in [5.41, 5.74) is 2.16. The third-order valence-corrected chi connectivity index (χ3v) is 5.47. The van der Waals surface area contributed by atoms with Gasteiger partial charge in [-0.3, -0.25) is 4.90 Å². The van der Waals surface area contributed by atoms with E-state index in [0.717, 1.165) is 19.5 Å². The summed E-state index contributed by atoms with van der Waals surface area (Å²) in [6.07, 6.45) is 0.848. The van der Waals surface area contributed by atoms with Gasteiger partial charge in [-0.1, -0.05) is 60.7 Å². The highest BCUT2D eigenvalue weighted by Gasteiger charge is 2.48. The van der Waals surface area contributed by atoms with E-state index in [1.165, 1.54) is 11.1 Å². The fourth-order valence-electron chi connectivity index (χ4n) is 4.40. The lowest BCUT2D eigenvalue weighted by Crippen LogP contribution is -2.51. The molecule has 4 rings (SSSR count). The van der Waals surface area contributed by atoms with Gasteiger partial charge >= 0.3 is 6.09 Å². The van der Waals surface area contributed by atoms with Crippen LogP contribution in [0.4, 0.5) is 4.79 Å². The van der Waals surface area contributed by atoms with Crippen LogP contribution in [0.2, 0.25) is 0 Å². The highest BCUT2D eigenvalue weighted by atomic mass is 16.6. The first kappa shape index (κ1) is 18.1. The zero-order valence-corrected chi connectivity index (χ0v) is 16.3. The second-order valence-electron chi connectivity index (χ2n) is 8.60. The molecule has 2 fully saturated rings. The third kappa shape index (κ3) is 3.72. The Morgan fingerprint density at radius 3 is 1.93 bits per heavy atom. The van der Waals surface area contributed by atoms with Crippen LogP contribution in [0.25, 0.3) is 0 Å². The molecule has 0 spiro atoms. The summed E-state index contributed by atoms with van der Waals surface area (Å²) < 4.78 is 5.61. The van der Waals surface area contributed by atoms with E-state index in [4.69, 9.17) is 4.74 Å². The topological polar surface area (TPSA) is 32.8 Å². The van der Waals surface area contributed by atoms with E-state index in [1.54, 1.807) is 0 Å². The smallest absolute Gasteiger partial charge is 0.410 e. The van der Waals surface area contributed by atoms with Crippen LogP contribution in [0.5, 0.6) is 0 Å². The normalized spacial score (nSPS) is 22.4. The van der Waals surface area contributed by atoms with Gasteiger partial charge in [-0.15, -0.1) is 0 Å². The largest absolute Gasteiger partial charge is 0.444 e. The van der Waals surface area contributed by atoms with Crippen molar-refractivity contribution >= 4 is 6.09 Å². The fraction of sp³-hybridized carbons (Fsp3) is 0.435. The van der Waals surface area contributed by atoms with Crippen LogP contribution in [-0.4, -0.2) is 46.7 Å². The number of amides is 1. The number of likely N-dealkylation sites (tertiary alicyclic amines) is 2. The molecule has 0 aliphatic carbocycles. The number of ether oxygens (including phenoxy) is 1. The van der Waals surface area contributed by atoms with E-state index in [0.29, 0.717) is 6.04 Å². The number of benzene rings is 2. The van der Waals surface area contributed by atoms with Gasteiger partial charge < -0.3 is 9.64 Å². The van der Waals surface area contributed by atoms with Crippen molar-refractivity contribution in [3.8, 4) is 0 Å². The highest BCUT2D eigenvalue weighted by molar-refractivity contribution is 5.69. The number of hydrogen-bond acceptors (Lipinski definition) is 3. The minimum Gasteiger partial charge on any atom is -0.444 e. The van der Waals surface area contributed by atoms with Crippen molar-refractivity contribution in [2.75, 3.05) is 13.1 Å². The lowest BCUT2D eigenvalue weighted by Gasteiger charge is -2.39. The average molecular weight is 364 g/mol. The molecule has 0 N–H and O–H groups in total. The van der Waals surface area contributed by atoms with Gasteiger partial charge in [-0.05, 0) is 38.3 Å². The predicted molar refractivity (Wildman–Crippen MR) is 107 cm³/mol. The Morgan fingerprint density at radius 1 is 0.926 bits per heavy atom. The standard InChI is InChI=1S/C23H28N2O2/c1-23(2,3)27-22(26)25-16-19-14-20(25)15-24(19)21(17-10-6-4-7-11-17)18-12-8-5-9-13-18/h4-13,19-21H,14-16H2,1-3H3. The summed E-state index contributed by atoms with van der Waals surface area (Å²) in [5.74, 6) is 0. The van der Waals surface area contributed by atoms with Crippen LogP contribution in [0.3, 0.4) is 0 Å². The molecule has 2 unspecified atom stereocenters. The Bertz CT molecular complexity index is 746. The lowest BCUT2D eigenvalue weighted by atomic mass is 9.96. The molecule has 0 saturated carbocycles. The van der Waals surface area contributed by atoms with Gasteiger partial charge in [0.1, 0.15) is 5.60 Å². The second-order valence-corrected chi connectivity index (χ2v) is 8.60. The number of rotatable bonds is 3. The molecule has 2 saturated heterocycles. The minimum atomic E-state index is -0.449. The maximum atomic E-state index is 12.6. The van der Waals surface area contributed by atoms with Gasteiger partial charge in [0.05, 0.1) is 6.04 Å². The first-order valence-corrected chi connectivity index (χ1v) is 9.77. The molecule has 1 amide bonds. The van der Waals surface area contributed by atoms with Crippen molar-refractivity contribution < 1.29 is 9.53 Å². The van der Waals surface area contributed by atoms with Gasteiger partial charge in [0.15, 0.2) is 0 Å². The van der Waals surface area contributed by atoms with Gasteiger partial charge in [-0.2, -0.15) is 0 Å². The van der Waals surface area contributed by atoms with E-state index < -0.39 is 5.60 Å². The predicted octanol–water partition coefficient (Wildman–Crippen LogP) is 4.47. The van der Waals surface area contributed by atoms with Crippen molar-refractivity contribution in [1.29, 1.82) is 0 Å². The summed E-state index contributed by atoms with van der Waals surface area (Å²) in [7, 11) is 0. The molecule has 27 heavy (non-hydrogen) atoms. The number of carbonyl (C=O) groups is 1. The average Bonchev–Trinajstić information content (AvgIpc) is 3.23. The van der Waals surface area contributed by atoms with Gasteiger partial charge in [0.25, 0.3) is 0 Å². The molecule has 2 atom stereocenters. The molecule has 2 aliphatic heterocycles. The molecule has 0 radical (unpaired) electrons. The van der Waals surface area contributed by atoms with Crippen molar-refractivity contribution in [2.45, 2.75) is 50.9 Å². The monoisotopic (exact) mass is 364 g/mol. The molecule has 2 aromatic rings.